The number of hydrogen-bond donors (Lipinski definition) is 1. The second-order valence-electron chi connectivity index (χ2n) is 5.29. The number of benzene rings is 1. The molecule has 0 saturated heterocycles. The fourth-order valence-corrected chi connectivity index (χ4v) is 1.66. The highest BCUT2D eigenvalue weighted by atomic mass is 35.5. The van der Waals surface area contributed by atoms with E-state index < -0.39 is 5.54 Å². The van der Waals surface area contributed by atoms with E-state index in [0.717, 1.165) is 0 Å². The van der Waals surface area contributed by atoms with E-state index in [4.69, 9.17) is 11.6 Å². The predicted molar refractivity (Wildman–Crippen MR) is 80.3 cm³/mol. The third-order valence-electron chi connectivity index (χ3n) is 2.52. The Labute approximate surface area is 124 Å². The van der Waals surface area contributed by atoms with Crippen molar-refractivity contribution in [1.82, 2.24) is 10.4 Å². The van der Waals surface area contributed by atoms with Gasteiger partial charge in [0.1, 0.15) is 0 Å². The predicted octanol–water partition coefficient (Wildman–Crippen LogP) is 3.19. The van der Waals surface area contributed by atoms with Gasteiger partial charge < -0.3 is 0 Å². The maximum atomic E-state index is 12.1. The van der Waals surface area contributed by atoms with Gasteiger partial charge in [0.15, 0.2) is 0 Å². The van der Waals surface area contributed by atoms with Gasteiger partial charge in [0.25, 0.3) is 11.8 Å². The molecule has 0 aliphatic rings. The molecule has 108 valence electrons. The van der Waals surface area contributed by atoms with E-state index >= 15 is 0 Å². The molecule has 0 aliphatic heterocycles. The van der Waals surface area contributed by atoms with Crippen molar-refractivity contribution in [2.45, 2.75) is 33.2 Å². The molecule has 0 saturated carbocycles. The molecule has 0 atom stereocenters. The van der Waals surface area contributed by atoms with Gasteiger partial charge in [0.2, 0.25) is 0 Å². The zero-order valence-electron chi connectivity index (χ0n) is 12.1. The number of carbonyl (C=O) groups is 2. The fourth-order valence-electron chi connectivity index (χ4n) is 1.54. The van der Waals surface area contributed by atoms with Gasteiger partial charge in [-0.1, -0.05) is 17.7 Å². The number of nitrogens with zero attached hydrogens (tertiary/aromatic N) is 1. The highest BCUT2D eigenvalue weighted by molar-refractivity contribution is 6.30. The minimum absolute atomic E-state index is 0.276. The van der Waals surface area contributed by atoms with Crippen LogP contribution in [0.1, 0.15) is 38.1 Å². The first kappa shape index (κ1) is 16.2. The molecule has 0 aromatic heterocycles. The van der Waals surface area contributed by atoms with Crippen molar-refractivity contribution in [2.75, 3.05) is 0 Å². The summed E-state index contributed by atoms with van der Waals surface area (Å²) >= 11 is 5.78. The van der Waals surface area contributed by atoms with Gasteiger partial charge in [-0.05, 0) is 52.0 Å². The molecule has 0 aliphatic carbocycles. The van der Waals surface area contributed by atoms with E-state index in [-0.39, 0.29) is 11.8 Å². The molecule has 5 heteroatoms. The van der Waals surface area contributed by atoms with E-state index in [9.17, 15) is 9.59 Å². The molecule has 0 heterocycles. The number of rotatable bonds is 2. The summed E-state index contributed by atoms with van der Waals surface area (Å²) in [7, 11) is 0. The smallest absolute Gasteiger partial charge is 0.268 e. The topological polar surface area (TPSA) is 49.4 Å². The van der Waals surface area contributed by atoms with Gasteiger partial charge in [-0.15, -0.1) is 0 Å². The first-order valence-corrected chi connectivity index (χ1v) is 6.67. The van der Waals surface area contributed by atoms with E-state index in [2.05, 4.69) is 5.43 Å². The standard InChI is InChI=1S/C15H19ClN2O2/c1-5-6-13(19)18(15(2,3)4)17-14(20)11-7-9-12(16)10-8-11/h5-10H,1-4H3,(H,17,20)/b6-5+. The van der Waals surface area contributed by atoms with E-state index in [0.29, 0.717) is 10.6 Å². The third kappa shape index (κ3) is 4.38. The van der Waals surface area contributed by atoms with E-state index in [1.807, 2.05) is 20.8 Å². The van der Waals surface area contributed by atoms with Crippen LogP contribution >= 0.6 is 11.6 Å². The Morgan fingerprint density at radius 3 is 2.20 bits per heavy atom. The summed E-state index contributed by atoms with van der Waals surface area (Å²) in [6.45, 7) is 7.28. The van der Waals surface area contributed by atoms with Crippen LogP contribution in [-0.4, -0.2) is 22.4 Å². The van der Waals surface area contributed by atoms with Crippen LogP contribution in [0.15, 0.2) is 36.4 Å². The summed E-state index contributed by atoms with van der Waals surface area (Å²) in [4.78, 5) is 24.2. The summed E-state index contributed by atoms with van der Waals surface area (Å²) < 4.78 is 0. The minimum Gasteiger partial charge on any atom is -0.268 e. The van der Waals surface area contributed by atoms with Crippen LogP contribution in [0.2, 0.25) is 5.02 Å². The number of nitrogens with one attached hydrogen (secondary N) is 1. The van der Waals surface area contributed by atoms with Crippen LogP contribution in [0.4, 0.5) is 0 Å². The quantitative estimate of drug-likeness (QED) is 0.673. The van der Waals surface area contributed by atoms with E-state index in [1.165, 1.54) is 11.1 Å². The molecule has 0 spiro atoms. The SMILES string of the molecule is C/C=C/C(=O)N(NC(=O)c1ccc(Cl)cc1)C(C)(C)C. The molecule has 1 N–H and O–H groups in total. The Morgan fingerprint density at radius 2 is 1.75 bits per heavy atom. The zero-order valence-corrected chi connectivity index (χ0v) is 12.9. The maximum absolute atomic E-state index is 12.1. The Morgan fingerprint density at radius 1 is 1.20 bits per heavy atom. The molecule has 2 amide bonds. The largest absolute Gasteiger partial charge is 0.269 e. The monoisotopic (exact) mass is 294 g/mol. The molecule has 1 aromatic rings. The molecule has 20 heavy (non-hydrogen) atoms. The van der Waals surface area contributed by atoms with Crippen LogP contribution in [0.25, 0.3) is 0 Å². The maximum Gasteiger partial charge on any atom is 0.269 e. The van der Waals surface area contributed by atoms with Crippen LogP contribution in [-0.2, 0) is 4.79 Å². The third-order valence-corrected chi connectivity index (χ3v) is 2.77. The number of hydrazine groups is 1. The lowest BCUT2D eigenvalue weighted by atomic mass is 10.1. The molecule has 1 rings (SSSR count). The van der Waals surface area contributed by atoms with Gasteiger partial charge in [-0.2, -0.15) is 0 Å². The Balaban J connectivity index is 2.93. The molecule has 0 fully saturated rings. The summed E-state index contributed by atoms with van der Waals surface area (Å²) in [5.74, 6) is -0.628. The lowest BCUT2D eigenvalue weighted by molar-refractivity contribution is -0.133. The normalized spacial score (nSPS) is 11.4. The Kier molecular flexibility index (Phi) is 5.34. The van der Waals surface area contributed by atoms with Gasteiger partial charge >= 0.3 is 0 Å². The van der Waals surface area contributed by atoms with E-state index in [1.54, 1.807) is 37.3 Å². The van der Waals surface area contributed by atoms with Crippen LogP contribution in [0, 0.1) is 0 Å². The van der Waals surface area contributed by atoms with Crippen molar-refractivity contribution in [3.05, 3.63) is 47.0 Å². The summed E-state index contributed by atoms with van der Waals surface area (Å²) in [6.07, 6.45) is 3.04. The average Bonchev–Trinajstić information content (AvgIpc) is 2.35. The first-order chi connectivity index (χ1) is 9.25. The highest BCUT2D eigenvalue weighted by Crippen LogP contribution is 2.13. The lowest BCUT2D eigenvalue weighted by Gasteiger charge is -2.34. The van der Waals surface area contributed by atoms with Gasteiger partial charge in [0.05, 0.1) is 5.54 Å². The van der Waals surface area contributed by atoms with Crippen molar-refractivity contribution in [3.8, 4) is 0 Å². The summed E-state index contributed by atoms with van der Waals surface area (Å²) in [5.41, 5.74) is 2.54. The molecule has 1 aromatic carbocycles. The molecule has 4 nitrogen and oxygen atoms in total. The Bertz CT molecular complexity index is 516. The number of halogens is 1. The zero-order chi connectivity index (χ0) is 15.3. The number of hydrogen-bond acceptors (Lipinski definition) is 2. The van der Waals surface area contributed by atoms with Crippen molar-refractivity contribution in [1.29, 1.82) is 0 Å². The molecular formula is C15H19ClN2O2. The summed E-state index contributed by atoms with van der Waals surface area (Å²) in [6, 6.07) is 6.48. The van der Waals surface area contributed by atoms with Crippen molar-refractivity contribution in [2.24, 2.45) is 0 Å². The number of allylic oxidation sites excluding steroid dienone is 1. The average molecular weight is 295 g/mol. The highest BCUT2D eigenvalue weighted by Gasteiger charge is 2.27. The number of carbonyl (C=O) groups excluding carboxylic acids is 2. The molecule has 0 unspecified atom stereocenters. The molecule has 0 radical (unpaired) electrons. The van der Waals surface area contributed by atoms with Crippen molar-refractivity contribution < 1.29 is 9.59 Å². The van der Waals surface area contributed by atoms with Crippen molar-refractivity contribution >= 4 is 23.4 Å². The van der Waals surface area contributed by atoms with Gasteiger partial charge in [0, 0.05) is 16.7 Å². The molecular weight excluding hydrogens is 276 g/mol. The fraction of sp³-hybridized carbons (Fsp3) is 0.333. The van der Waals surface area contributed by atoms with Crippen LogP contribution < -0.4 is 5.43 Å². The lowest BCUT2D eigenvalue weighted by Crippen LogP contribution is -2.55. The van der Waals surface area contributed by atoms with Crippen LogP contribution in [0.5, 0.6) is 0 Å². The van der Waals surface area contributed by atoms with Gasteiger partial charge in [-0.25, -0.2) is 5.01 Å². The van der Waals surface area contributed by atoms with Crippen molar-refractivity contribution in [3.63, 3.8) is 0 Å². The second-order valence-corrected chi connectivity index (χ2v) is 5.73. The molecule has 0 bridgehead atoms. The minimum atomic E-state index is -0.529. The van der Waals surface area contributed by atoms with Crippen LogP contribution in [0.3, 0.4) is 0 Å². The summed E-state index contributed by atoms with van der Waals surface area (Å²) in [5, 5.41) is 1.86. The number of amides is 2. The Hall–Kier alpha value is -1.81. The first-order valence-electron chi connectivity index (χ1n) is 6.29. The second kappa shape index (κ2) is 6.57. The van der Waals surface area contributed by atoms with Gasteiger partial charge in [-0.3, -0.25) is 15.0 Å².